The van der Waals surface area contributed by atoms with Gasteiger partial charge < -0.3 is 15.5 Å². The summed E-state index contributed by atoms with van der Waals surface area (Å²) >= 11 is 0. The van der Waals surface area contributed by atoms with Gasteiger partial charge in [-0.25, -0.2) is 0 Å². The molecule has 0 aliphatic carbocycles. The molecule has 0 heterocycles. The molecule has 31 heavy (non-hydrogen) atoms. The molecule has 3 N–H and O–H groups in total. The molecule has 0 atom stereocenters. The van der Waals surface area contributed by atoms with E-state index in [2.05, 4.69) is 12.2 Å². The molecule has 0 unspecified atom stereocenters. The van der Waals surface area contributed by atoms with Crippen LogP contribution in [0.1, 0.15) is 58.8 Å². The van der Waals surface area contributed by atoms with Gasteiger partial charge in [-0.3, -0.25) is 4.79 Å². The third-order valence-corrected chi connectivity index (χ3v) is 5.66. The Bertz CT molecular complexity index is 1080. The highest BCUT2D eigenvalue weighted by Gasteiger charge is 2.24. The molecule has 0 aliphatic heterocycles. The van der Waals surface area contributed by atoms with Crippen molar-refractivity contribution in [2.45, 2.75) is 53.4 Å². The fraction of sp³-hybridized carbons (Fsp3) is 0.296. The molecule has 0 saturated heterocycles. The van der Waals surface area contributed by atoms with Gasteiger partial charge in [0.2, 0.25) is 0 Å². The molecule has 0 bridgehead atoms. The first-order chi connectivity index (χ1) is 14.8. The first-order valence-electron chi connectivity index (χ1n) is 10.9. The van der Waals surface area contributed by atoms with Gasteiger partial charge in [-0.1, -0.05) is 67.8 Å². The number of aryl methyl sites for hydroxylation is 4. The predicted molar refractivity (Wildman–Crippen MR) is 127 cm³/mol. The van der Waals surface area contributed by atoms with Crippen LogP contribution in [-0.4, -0.2) is 16.1 Å². The molecule has 4 heteroatoms. The van der Waals surface area contributed by atoms with Gasteiger partial charge in [0.1, 0.15) is 11.5 Å². The van der Waals surface area contributed by atoms with Gasteiger partial charge in [-0.15, -0.1) is 0 Å². The van der Waals surface area contributed by atoms with E-state index in [4.69, 9.17) is 0 Å². The molecule has 1 amide bonds. The summed E-state index contributed by atoms with van der Waals surface area (Å²) in [5.74, 6) is -0.561. The molecular weight excluding hydrogens is 386 g/mol. The van der Waals surface area contributed by atoms with E-state index in [1.54, 1.807) is 6.07 Å². The molecule has 3 rings (SSSR count). The van der Waals surface area contributed by atoms with E-state index in [-0.39, 0.29) is 28.5 Å². The minimum atomic E-state index is -0.365. The van der Waals surface area contributed by atoms with Gasteiger partial charge >= 0.3 is 0 Å². The molecular formula is C27H31NO3. The van der Waals surface area contributed by atoms with Crippen molar-refractivity contribution >= 4 is 11.6 Å². The Labute approximate surface area is 184 Å². The summed E-state index contributed by atoms with van der Waals surface area (Å²) in [4.78, 5) is 13.4. The SMILES string of the molecule is CCCCCc1cc(O)c(-c2cccc(C)c2)c(O)c1C(=O)Nc1c(C)cccc1C. The number of hydrogen-bond acceptors (Lipinski definition) is 3. The molecule has 0 aromatic heterocycles. The van der Waals surface area contributed by atoms with Crippen LogP contribution < -0.4 is 5.32 Å². The summed E-state index contributed by atoms with van der Waals surface area (Å²) in [7, 11) is 0. The van der Waals surface area contributed by atoms with Gasteiger partial charge in [-0.05, 0) is 61.9 Å². The first-order valence-corrected chi connectivity index (χ1v) is 10.9. The minimum absolute atomic E-state index is 0.0155. The van der Waals surface area contributed by atoms with Crippen molar-refractivity contribution in [1.29, 1.82) is 0 Å². The monoisotopic (exact) mass is 417 g/mol. The largest absolute Gasteiger partial charge is 0.507 e. The number of nitrogens with one attached hydrogen (secondary N) is 1. The second kappa shape index (κ2) is 9.69. The Morgan fingerprint density at radius 3 is 2.26 bits per heavy atom. The zero-order valence-electron chi connectivity index (χ0n) is 18.7. The van der Waals surface area contributed by atoms with Crippen molar-refractivity contribution in [3.8, 4) is 22.6 Å². The molecule has 4 nitrogen and oxygen atoms in total. The topological polar surface area (TPSA) is 69.6 Å². The smallest absolute Gasteiger partial charge is 0.259 e. The number of benzene rings is 3. The zero-order valence-corrected chi connectivity index (χ0v) is 18.7. The van der Waals surface area contributed by atoms with Gasteiger partial charge in [-0.2, -0.15) is 0 Å². The van der Waals surface area contributed by atoms with Crippen molar-refractivity contribution in [3.05, 3.63) is 76.3 Å². The summed E-state index contributed by atoms with van der Waals surface area (Å²) < 4.78 is 0. The number of phenols is 2. The number of unbranched alkanes of at least 4 members (excludes halogenated alkanes) is 2. The van der Waals surface area contributed by atoms with Gasteiger partial charge in [0.15, 0.2) is 0 Å². The molecule has 3 aromatic rings. The Hall–Kier alpha value is -3.27. The van der Waals surface area contributed by atoms with Crippen molar-refractivity contribution in [3.63, 3.8) is 0 Å². The lowest BCUT2D eigenvalue weighted by atomic mass is 9.92. The van der Waals surface area contributed by atoms with E-state index >= 15 is 0 Å². The van der Waals surface area contributed by atoms with Crippen LogP contribution in [0.5, 0.6) is 11.5 Å². The number of rotatable bonds is 7. The maximum Gasteiger partial charge on any atom is 0.259 e. The van der Waals surface area contributed by atoms with Crippen LogP contribution in [0.4, 0.5) is 5.69 Å². The van der Waals surface area contributed by atoms with E-state index in [0.29, 0.717) is 17.5 Å². The second-order valence-electron chi connectivity index (χ2n) is 8.20. The number of aromatic hydroxyl groups is 2. The second-order valence-corrected chi connectivity index (χ2v) is 8.20. The number of carbonyl (C=O) groups is 1. The zero-order chi connectivity index (χ0) is 22.5. The maximum atomic E-state index is 13.4. The summed E-state index contributed by atoms with van der Waals surface area (Å²) in [6.45, 7) is 7.95. The first kappa shape index (κ1) is 22.4. The fourth-order valence-corrected chi connectivity index (χ4v) is 4.00. The molecule has 0 fully saturated rings. The van der Waals surface area contributed by atoms with Gasteiger partial charge in [0, 0.05) is 5.69 Å². The minimum Gasteiger partial charge on any atom is -0.507 e. The highest BCUT2D eigenvalue weighted by atomic mass is 16.3. The highest BCUT2D eigenvalue weighted by Crippen LogP contribution is 2.42. The van der Waals surface area contributed by atoms with E-state index in [1.807, 2.05) is 63.2 Å². The number of hydrogen-bond donors (Lipinski definition) is 3. The summed E-state index contributed by atoms with van der Waals surface area (Å²) in [6, 6.07) is 15.0. The number of carbonyl (C=O) groups excluding carboxylic acids is 1. The van der Waals surface area contributed by atoms with Crippen molar-refractivity contribution in [2.75, 3.05) is 5.32 Å². The van der Waals surface area contributed by atoms with Crippen LogP contribution in [0, 0.1) is 20.8 Å². The lowest BCUT2D eigenvalue weighted by Gasteiger charge is -2.18. The molecule has 162 valence electrons. The van der Waals surface area contributed by atoms with E-state index in [1.165, 1.54) is 0 Å². The van der Waals surface area contributed by atoms with E-state index in [0.717, 1.165) is 41.6 Å². The third kappa shape index (κ3) is 4.91. The Balaban J connectivity index is 2.12. The molecule has 0 saturated carbocycles. The highest BCUT2D eigenvalue weighted by molar-refractivity contribution is 6.09. The molecule has 0 spiro atoms. The van der Waals surface area contributed by atoms with Crippen LogP contribution in [0.15, 0.2) is 48.5 Å². The van der Waals surface area contributed by atoms with Crippen LogP contribution in [0.2, 0.25) is 0 Å². The Morgan fingerprint density at radius 2 is 1.61 bits per heavy atom. The molecule has 0 radical (unpaired) electrons. The third-order valence-electron chi connectivity index (χ3n) is 5.66. The summed E-state index contributed by atoms with van der Waals surface area (Å²) in [6.07, 6.45) is 3.55. The Morgan fingerprint density at radius 1 is 0.935 bits per heavy atom. The Kier molecular flexibility index (Phi) is 7.01. The average Bonchev–Trinajstić information content (AvgIpc) is 2.71. The maximum absolute atomic E-state index is 13.4. The van der Waals surface area contributed by atoms with Crippen LogP contribution in [-0.2, 0) is 6.42 Å². The van der Waals surface area contributed by atoms with E-state index < -0.39 is 0 Å². The molecule has 3 aromatic carbocycles. The lowest BCUT2D eigenvalue weighted by molar-refractivity contribution is 0.102. The quantitative estimate of drug-likeness (QED) is 0.376. The van der Waals surface area contributed by atoms with E-state index in [9.17, 15) is 15.0 Å². The standard InChI is InChI=1S/C27H31NO3/c1-5-6-7-13-21-16-22(29)23(20-14-8-10-17(2)15-20)26(30)24(21)27(31)28-25-18(3)11-9-12-19(25)4/h8-12,14-16,29-30H,5-7,13H2,1-4H3,(H,28,31). The predicted octanol–water partition coefficient (Wildman–Crippen LogP) is 6.68. The number of para-hydroxylation sites is 1. The van der Waals surface area contributed by atoms with Crippen LogP contribution in [0.3, 0.4) is 0 Å². The summed E-state index contributed by atoms with van der Waals surface area (Å²) in [5.41, 5.74) is 5.51. The lowest BCUT2D eigenvalue weighted by Crippen LogP contribution is -2.16. The van der Waals surface area contributed by atoms with Crippen molar-refractivity contribution in [2.24, 2.45) is 0 Å². The van der Waals surface area contributed by atoms with Crippen molar-refractivity contribution < 1.29 is 15.0 Å². The van der Waals surface area contributed by atoms with Gasteiger partial charge in [0.25, 0.3) is 5.91 Å². The number of phenolic OH excluding ortho intramolecular Hbond substituents is 2. The number of amides is 1. The average molecular weight is 418 g/mol. The molecule has 0 aliphatic rings. The van der Waals surface area contributed by atoms with Crippen LogP contribution >= 0.6 is 0 Å². The van der Waals surface area contributed by atoms with Crippen LogP contribution in [0.25, 0.3) is 11.1 Å². The summed E-state index contributed by atoms with van der Waals surface area (Å²) in [5, 5.41) is 25.0. The van der Waals surface area contributed by atoms with Crippen molar-refractivity contribution in [1.82, 2.24) is 0 Å². The fourth-order valence-electron chi connectivity index (χ4n) is 4.00. The number of anilines is 1. The normalized spacial score (nSPS) is 10.8. The van der Waals surface area contributed by atoms with Gasteiger partial charge in [0.05, 0.1) is 11.1 Å².